The highest BCUT2D eigenvalue weighted by Crippen LogP contribution is 2.39. The fourth-order valence-electron chi connectivity index (χ4n) is 3.14. The van der Waals surface area contributed by atoms with Crippen molar-refractivity contribution in [3.63, 3.8) is 0 Å². The summed E-state index contributed by atoms with van der Waals surface area (Å²) in [5.41, 5.74) is 6.51. The van der Waals surface area contributed by atoms with E-state index >= 15 is 0 Å². The fourth-order valence-corrected chi connectivity index (χ4v) is 4.30. The summed E-state index contributed by atoms with van der Waals surface area (Å²) in [6.45, 7) is 1.93. The third-order valence-electron chi connectivity index (χ3n) is 4.72. The molecule has 138 valence electrons. The molecule has 3 rings (SSSR count). The first-order chi connectivity index (χ1) is 12.6. The average molecular weight is 376 g/mol. The number of benzene rings is 2. The first-order valence-electron chi connectivity index (χ1n) is 8.74. The van der Waals surface area contributed by atoms with Crippen LogP contribution in [0.4, 0.5) is 8.78 Å². The minimum Gasteiger partial charge on any atom is -0.341 e. The normalized spacial score (nSPS) is 16.5. The Morgan fingerprint density at radius 1 is 1.15 bits per heavy atom. The van der Waals surface area contributed by atoms with Gasteiger partial charge in [0.15, 0.2) is 0 Å². The number of amides is 1. The maximum atomic E-state index is 14.1. The van der Waals surface area contributed by atoms with E-state index in [1.165, 1.54) is 0 Å². The summed E-state index contributed by atoms with van der Waals surface area (Å²) < 4.78 is 27.7. The van der Waals surface area contributed by atoms with Crippen LogP contribution in [0.1, 0.15) is 23.7 Å². The molecule has 0 bridgehead atoms. The number of piperidine rings is 1. The Morgan fingerprint density at radius 2 is 1.85 bits per heavy atom. The number of halogens is 2. The Labute approximate surface area is 156 Å². The van der Waals surface area contributed by atoms with Crippen LogP contribution in [0.2, 0.25) is 0 Å². The lowest BCUT2D eigenvalue weighted by atomic mass is 9.96. The molecule has 1 atom stereocenters. The molecule has 1 unspecified atom stereocenters. The van der Waals surface area contributed by atoms with Crippen LogP contribution in [0.3, 0.4) is 0 Å². The fraction of sp³-hybridized carbons (Fsp3) is 0.350. The van der Waals surface area contributed by atoms with Crippen molar-refractivity contribution in [2.24, 2.45) is 11.7 Å². The Morgan fingerprint density at radius 3 is 2.50 bits per heavy atom. The molecule has 0 aromatic heterocycles. The third kappa shape index (κ3) is 4.43. The first-order valence-corrected chi connectivity index (χ1v) is 9.62. The van der Waals surface area contributed by atoms with Gasteiger partial charge in [0.05, 0.1) is 0 Å². The van der Waals surface area contributed by atoms with E-state index in [1.54, 1.807) is 0 Å². The van der Waals surface area contributed by atoms with Crippen LogP contribution < -0.4 is 5.73 Å². The molecule has 1 saturated heterocycles. The summed E-state index contributed by atoms with van der Waals surface area (Å²) in [4.78, 5) is 15.1. The van der Waals surface area contributed by atoms with Gasteiger partial charge in [-0.1, -0.05) is 30.3 Å². The van der Waals surface area contributed by atoms with Crippen molar-refractivity contribution in [3.05, 3.63) is 65.7 Å². The Bertz CT molecular complexity index is 749. The SMILES string of the molecule is NCC1CCN(C(=O)C(Sc2cc(F)ccc2F)c2ccccc2)CC1. The minimum atomic E-state index is -0.609. The van der Waals surface area contributed by atoms with Crippen LogP contribution in [0.25, 0.3) is 0 Å². The number of thioether (sulfide) groups is 1. The Kier molecular flexibility index (Phi) is 6.27. The quantitative estimate of drug-likeness (QED) is 0.803. The van der Waals surface area contributed by atoms with Gasteiger partial charge < -0.3 is 10.6 Å². The first kappa shape index (κ1) is 18.9. The molecular weight excluding hydrogens is 354 g/mol. The number of carbonyl (C=O) groups excluding carboxylic acids is 1. The largest absolute Gasteiger partial charge is 0.341 e. The molecule has 1 aliphatic heterocycles. The van der Waals surface area contributed by atoms with Gasteiger partial charge in [-0.15, -0.1) is 11.8 Å². The summed E-state index contributed by atoms with van der Waals surface area (Å²) in [7, 11) is 0. The molecule has 0 spiro atoms. The van der Waals surface area contributed by atoms with E-state index in [1.807, 2.05) is 35.2 Å². The van der Waals surface area contributed by atoms with Gasteiger partial charge in [0.25, 0.3) is 0 Å². The highest BCUT2D eigenvalue weighted by Gasteiger charge is 2.30. The Hall–Kier alpha value is -1.92. The van der Waals surface area contributed by atoms with Gasteiger partial charge in [0.1, 0.15) is 16.9 Å². The second-order valence-electron chi connectivity index (χ2n) is 6.49. The van der Waals surface area contributed by atoms with Crippen molar-refractivity contribution in [3.8, 4) is 0 Å². The number of hydrogen-bond donors (Lipinski definition) is 1. The topological polar surface area (TPSA) is 46.3 Å². The maximum Gasteiger partial charge on any atom is 0.240 e. The van der Waals surface area contributed by atoms with Crippen molar-refractivity contribution in [1.29, 1.82) is 0 Å². The van der Waals surface area contributed by atoms with Crippen LogP contribution in [0, 0.1) is 17.6 Å². The van der Waals surface area contributed by atoms with E-state index in [2.05, 4.69) is 0 Å². The minimum absolute atomic E-state index is 0.0691. The van der Waals surface area contributed by atoms with E-state index in [-0.39, 0.29) is 10.8 Å². The number of carbonyl (C=O) groups is 1. The highest BCUT2D eigenvalue weighted by atomic mass is 32.2. The molecule has 1 amide bonds. The lowest BCUT2D eigenvalue weighted by molar-refractivity contribution is -0.132. The van der Waals surface area contributed by atoms with Crippen molar-refractivity contribution in [1.82, 2.24) is 4.90 Å². The van der Waals surface area contributed by atoms with Crippen molar-refractivity contribution >= 4 is 17.7 Å². The summed E-state index contributed by atoms with van der Waals surface area (Å²) in [6.07, 6.45) is 1.76. The zero-order valence-electron chi connectivity index (χ0n) is 14.4. The van der Waals surface area contributed by atoms with Gasteiger partial charge in [0, 0.05) is 18.0 Å². The second kappa shape index (κ2) is 8.64. The molecule has 2 aromatic carbocycles. The molecule has 6 heteroatoms. The number of nitrogens with zero attached hydrogens (tertiary/aromatic N) is 1. The van der Waals surface area contributed by atoms with Gasteiger partial charge in [-0.25, -0.2) is 8.78 Å². The summed E-state index contributed by atoms with van der Waals surface area (Å²) >= 11 is 1.06. The van der Waals surface area contributed by atoms with Gasteiger partial charge in [-0.3, -0.25) is 4.79 Å². The molecule has 3 nitrogen and oxygen atoms in total. The Balaban J connectivity index is 1.84. The standard InChI is InChI=1S/C20H22F2N2OS/c21-16-6-7-17(22)18(12-16)26-19(15-4-2-1-3-5-15)20(25)24-10-8-14(13-23)9-11-24/h1-7,12,14,19H,8-11,13,23H2. The summed E-state index contributed by atoms with van der Waals surface area (Å²) in [6, 6.07) is 12.6. The molecule has 26 heavy (non-hydrogen) atoms. The number of hydrogen-bond acceptors (Lipinski definition) is 3. The number of rotatable bonds is 5. The lowest BCUT2D eigenvalue weighted by Crippen LogP contribution is -2.41. The van der Waals surface area contributed by atoms with Crippen LogP contribution in [0.15, 0.2) is 53.4 Å². The highest BCUT2D eigenvalue weighted by molar-refractivity contribution is 8.00. The molecular formula is C20H22F2N2OS. The molecule has 1 fully saturated rings. The van der Waals surface area contributed by atoms with Crippen LogP contribution >= 0.6 is 11.8 Å². The molecule has 0 aliphatic carbocycles. The lowest BCUT2D eigenvalue weighted by Gasteiger charge is -2.33. The van der Waals surface area contributed by atoms with Crippen LogP contribution in [-0.2, 0) is 4.79 Å². The molecule has 1 heterocycles. The zero-order chi connectivity index (χ0) is 18.5. The van der Waals surface area contributed by atoms with Crippen LogP contribution in [0.5, 0.6) is 0 Å². The number of likely N-dealkylation sites (tertiary alicyclic amines) is 1. The molecule has 2 N–H and O–H groups in total. The predicted octanol–water partition coefficient (Wildman–Crippen LogP) is 4.00. The second-order valence-corrected chi connectivity index (χ2v) is 7.63. The molecule has 2 aromatic rings. The molecule has 1 aliphatic rings. The summed E-state index contributed by atoms with van der Waals surface area (Å²) in [5.74, 6) is -0.660. The van der Waals surface area contributed by atoms with E-state index in [0.29, 0.717) is 25.6 Å². The van der Waals surface area contributed by atoms with Gasteiger partial charge in [0.2, 0.25) is 5.91 Å². The van der Waals surface area contributed by atoms with Crippen molar-refractivity contribution in [2.75, 3.05) is 19.6 Å². The smallest absolute Gasteiger partial charge is 0.240 e. The van der Waals surface area contributed by atoms with Crippen molar-refractivity contribution in [2.45, 2.75) is 23.0 Å². The van der Waals surface area contributed by atoms with E-state index in [4.69, 9.17) is 5.73 Å². The van der Waals surface area contributed by atoms with E-state index in [9.17, 15) is 13.6 Å². The van der Waals surface area contributed by atoms with Gasteiger partial charge in [-0.05, 0) is 49.1 Å². The number of nitrogens with two attached hydrogens (primary N) is 1. The summed E-state index contributed by atoms with van der Waals surface area (Å²) in [5, 5.41) is -0.609. The predicted molar refractivity (Wildman–Crippen MR) is 99.8 cm³/mol. The van der Waals surface area contributed by atoms with Gasteiger partial charge >= 0.3 is 0 Å². The molecule has 0 radical (unpaired) electrons. The van der Waals surface area contributed by atoms with Crippen molar-refractivity contribution < 1.29 is 13.6 Å². The monoisotopic (exact) mass is 376 g/mol. The third-order valence-corrected chi connectivity index (χ3v) is 6.00. The van der Waals surface area contributed by atoms with E-state index in [0.717, 1.165) is 48.4 Å². The molecule has 0 saturated carbocycles. The zero-order valence-corrected chi connectivity index (χ0v) is 15.2. The van der Waals surface area contributed by atoms with E-state index < -0.39 is 16.9 Å². The van der Waals surface area contributed by atoms with Crippen LogP contribution in [-0.4, -0.2) is 30.4 Å². The average Bonchev–Trinajstić information content (AvgIpc) is 2.69. The maximum absolute atomic E-state index is 14.1. The van der Waals surface area contributed by atoms with Gasteiger partial charge in [-0.2, -0.15) is 0 Å².